The fraction of sp³-hybridized carbons (Fsp3) is 0.625. The zero-order valence-corrected chi connectivity index (χ0v) is 8.64. The minimum absolute atomic E-state index is 0.0239. The van der Waals surface area contributed by atoms with Crippen LogP contribution in [0.1, 0.15) is 12.8 Å². The Hall–Kier alpha value is -0.880. The van der Waals surface area contributed by atoms with Crippen LogP contribution in [0.3, 0.4) is 0 Å². The highest BCUT2D eigenvalue weighted by atomic mass is 32.2. The third-order valence-corrected chi connectivity index (χ3v) is 3.32. The maximum Gasteiger partial charge on any atom is 0.220 e. The summed E-state index contributed by atoms with van der Waals surface area (Å²) in [6.45, 7) is 3.73. The van der Waals surface area contributed by atoms with Gasteiger partial charge in [0.15, 0.2) is 0 Å². The van der Waals surface area contributed by atoms with Gasteiger partial charge in [-0.25, -0.2) is 13.1 Å². The van der Waals surface area contributed by atoms with Gasteiger partial charge in [0.2, 0.25) is 15.9 Å². The number of rotatable bonds is 4. The number of carbonyl (C=O) groups is 1. The molecule has 0 spiro atoms. The second-order valence-electron chi connectivity index (χ2n) is 3.23. The quantitative estimate of drug-likeness (QED) is 0.617. The number of carbonyl (C=O) groups excluding carboxylic acids is 1. The van der Waals surface area contributed by atoms with Crippen molar-refractivity contribution in [2.24, 2.45) is 0 Å². The predicted molar refractivity (Wildman–Crippen MR) is 53.2 cm³/mol. The number of hydrogen-bond acceptors (Lipinski definition) is 3. The van der Waals surface area contributed by atoms with Crippen LogP contribution in [0, 0.1) is 0 Å². The molecule has 0 saturated carbocycles. The van der Waals surface area contributed by atoms with E-state index in [1.165, 1.54) is 6.08 Å². The standard InChI is InChI=1S/C8H14N2O3S/c1-2-5-14(12,13)10-7-3-4-8(11)9-6-7/h2,7,10H,1,3-6H2,(H,9,11). The lowest BCUT2D eigenvalue weighted by atomic mass is 10.1. The Morgan fingerprint density at radius 1 is 1.64 bits per heavy atom. The Morgan fingerprint density at radius 2 is 2.36 bits per heavy atom. The minimum atomic E-state index is -3.27. The van der Waals surface area contributed by atoms with Crippen molar-refractivity contribution in [1.82, 2.24) is 10.0 Å². The highest BCUT2D eigenvalue weighted by Crippen LogP contribution is 2.04. The maximum atomic E-state index is 11.3. The highest BCUT2D eigenvalue weighted by Gasteiger charge is 2.21. The fourth-order valence-corrected chi connectivity index (χ4v) is 2.41. The van der Waals surface area contributed by atoms with Crippen molar-refractivity contribution in [1.29, 1.82) is 0 Å². The van der Waals surface area contributed by atoms with E-state index in [2.05, 4.69) is 16.6 Å². The van der Waals surface area contributed by atoms with Crippen LogP contribution in [-0.2, 0) is 14.8 Å². The van der Waals surface area contributed by atoms with E-state index in [1.807, 2.05) is 0 Å². The topological polar surface area (TPSA) is 75.3 Å². The third kappa shape index (κ3) is 3.47. The fourth-order valence-electron chi connectivity index (χ4n) is 1.29. The number of sulfonamides is 1. The summed E-state index contributed by atoms with van der Waals surface area (Å²) in [5.41, 5.74) is 0. The van der Waals surface area contributed by atoms with Crippen molar-refractivity contribution < 1.29 is 13.2 Å². The average Bonchev–Trinajstić information content (AvgIpc) is 2.08. The van der Waals surface area contributed by atoms with Crippen molar-refractivity contribution in [3.05, 3.63) is 12.7 Å². The van der Waals surface area contributed by atoms with Crippen LogP contribution in [0.15, 0.2) is 12.7 Å². The third-order valence-electron chi connectivity index (χ3n) is 1.95. The Labute approximate surface area is 83.6 Å². The molecule has 0 bridgehead atoms. The van der Waals surface area contributed by atoms with Gasteiger partial charge in [-0.05, 0) is 6.42 Å². The van der Waals surface area contributed by atoms with Gasteiger partial charge < -0.3 is 5.32 Å². The highest BCUT2D eigenvalue weighted by molar-refractivity contribution is 7.89. The Balaban J connectivity index is 2.45. The van der Waals surface area contributed by atoms with E-state index in [4.69, 9.17) is 0 Å². The molecule has 6 heteroatoms. The smallest absolute Gasteiger partial charge is 0.220 e. The summed E-state index contributed by atoms with van der Waals surface area (Å²) >= 11 is 0. The van der Waals surface area contributed by atoms with Crippen LogP contribution < -0.4 is 10.0 Å². The molecule has 1 rings (SSSR count). The molecule has 14 heavy (non-hydrogen) atoms. The SMILES string of the molecule is C=CCS(=O)(=O)NC1CCC(=O)NC1. The summed E-state index contributed by atoms with van der Waals surface area (Å²) in [5.74, 6) is -0.110. The molecule has 0 aliphatic carbocycles. The molecule has 2 N–H and O–H groups in total. The van der Waals surface area contributed by atoms with Gasteiger partial charge in [-0.1, -0.05) is 6.08 Å². The first-order valence-electron chi connectivity index (χ1n) is 4.41. The van der Waals surface area contributed by atoms with Crippen LogP contribution in [0.2, 0.25) is 0 Å². The number of hydrogen-bond donors (Lipinski definition) is 2. The molecule has 5 nitrogen and oxygen atoms in total. The number of piperidine rings is 1. The van der Waals surface area contributed by atoms with Gasteiger partial charge in [-0.15, -0.1) is 6.58 Å². The molecule has 80 valence electrons. The molecule has 1 unspecified atom stereocenters. The first-order chi connectivity index (χ1) is 6.53. The van der Waals surface area contributed by atoms with Gasteiger partial charge in [0, 0.05) is 19.0 Å². The van der Waals surface area contributed by atoms with E-state index < -0.39 is 10.0 Å². The van der Waals surface area contributed by atoms with E-state index in [9.17, 15) is 13.2 Å². The molecule has 1 saturated heterocycles. The monoisotopic (exact) mass is 218 g/mol. The van der Waals surface area contributed by atoms with Gasteiger partial charge >= 0.3 is 0 Å². The van der Waals surface area contributed by atoms with Gasteiger partial charge in [0.05, 0.1) is 5.75 Å². The Morgan fingerprint density at radius 3 is 2.86 bits per heavy atom. The maximum absolute atomic E-state index is 11.3. The Kier molecular flexibility index (Phi) is 3.65. The van der Waals surface area contributed by atoms with Crippen LogP contribution >= 0.6 is 0 Å². The molecule has 1 aliphatic heterocycles. The second-order valence-corrected chi connectivity index (χ2v) is 5.03. The molecule has 0 aromatic carbocycles. The number of nitrogens with one attached hydrogen (secondary N) is 2. The molecule has 0 aromatic heterocycles. The zero-order chi connectivity index (χ0) is 10.6. The van der Waals surface area contributed by atoms with Crippen LogP contribution in [0.25, 0.3) is 0 Å². The van der Waals surface area contributed by atoms with Gasteiger partial charge in [-0.3, -0.25) is 4.79 Å². The van der Waals surface area contributed by atoms with Crippen LogP contribution in [0.5, 0.6) is 0 Å². The van der Waals surface area contributed by atoms with Gasteiger partial charge in [-0.2, -0.15) is 0 Å². The molecule has 1 aliphatic rings. The van der Waals surface area contributed by atoms with Crippen LogP contribution in [-0.4, -0.2) is 32.7 Å². The first kappa shape index (κ1) is 11.2. The predicted octanol–water partition coefficient (Wildman–Crippen LogP) is -0.630. The molecule has 0 radical (unpaired) electrons. The van der Waals surface area contributed by atoms with Crippen molar-refractivity contribution in [3.63, 3.8) is 0 Å². The average molecular weight is 218 g/mol. The van der Waals surface area contributed by atoms with Gasteiger partial charge in [0.1, 0.15) is 0 Å². The van der Waals surface area contributed by atoms with E-state index in [0.717, 1.165) is 0 Å². The zero-order valence-electron chi connectivity index (χ0n) is 7.82. The minimum Gasteiger partial charge on any atom is -0.355 e. The molecule has 1 atom stereocenters. The summed E-state index contributed by atoms with van der Waals surface area (Å²) in [4.78, 5) is 10.8. The van der Waals surface area contributed by atoms with Crippen LogP contribution in [0.4, 0.5) is 0 Å². The summed E-state index contributed by atoms with van der Waals surface area (Å²) in [5, 5.41) is 2.61. The van der Waals surface area contributed by atoms with Crippen molar-refractivity contribution in [2.45, 2.75) is 18.9 Å². The lowest BCUT2D eigenvalue weighted by molar-refractivity contribution is -0.122. The molecule has 1 fully saturated rings. The summed E-state index contributed by atoms with van der Waals surface area (Å²) in [6, 6.07) is -0.183. The normalized spacial score (nSPS) is 22.9. The molecular weight excluding hydrogens is 204 g/mol. The van der Waals surface area contributed by atoms with Crippen molar-refractivity contribution in [3.8, 4) is 0 Å². The summed E-state index contributed by atoms with van der Waals surface area (Å²) in [7, 11) is -3.27. The van der Waals surface area contributed by atoms with E-state index >= 15 is 0 Å². The summed E-state index contributed by atoms with van der Waals surface area (Å²) < 4.78 is 25.1. The van der Waals surface area contributed by atoms with Crippen molar-refractivity contribution in [2.75, 3.05) is 12.3 Å². The van der Waals surface area contributed by atoms with Gasteiger partial charge in [0.25, 0.3) is 0 Å². The largest absolute Gasteiger partial charge is 0.355 e. The van der Waals surface area contributed by atoms with E-state index in [0.29, 0.717) is 19.4 Å². The molecule has 1 heterocycles. The molecule has 1 amide bonds. The summed E-state index contributed by atoms with van der Waals surface area (Å²) in [6.07, 6.45) is 2.27. The second kappa shape index (κ2) is 4.56. The van der Waals surface area contributed by atoms with E-state index in [1.54, 1.807) is 0 Å². The lowest BCUT2D eigenvalue weighted by Crippen LogP contribution is -2.48. The van der Waals surface area contributed by atoms with E-state index in [-0.39, 0.29) is 17.7 Å². The molecule has 0 aromatic rings. The Bertz CT molecular complexity index is 313. The molecular formula is C8H14N2O3S. The van der Waals surface area contributed by atoms with Crippen molar-refractivity contribution >= 4 is 15.9 Å². The lowest BCUT2D eigenvalue weighted by Gasteiger charge is -2.22. The number of amides is 1. The first-order valence-corrected chi connectivity index (χ1v) is 6.06.